The highest BCUT2D eigenvalue weighted by molar-refractivity contribution is 9.10. The average molecular weight is 354 g/mol. The summed E-state index contributed by atoms with van der Waals surface area (Å²) >= 11 is 6.64. The number of nitriles is 1. The van der Waals surface area contributed by atoms with E-state index >= 15 is 0 Å². The van der Waals surface area contributed by atoms with E-state index in [-0.39, 0.29) is 0 Å². The highest BCUT2D eigenvalue weighted by atomic mass is 79.9. The van der Waals surface area contributed by atoms with Crippen LogP contribution in [0, 0.1) is 11.3 Å². The minimum Gasteiger partial charge on any atom is -0.456 e. The molecule has 0 saturated carbocycles. The summed E-state index contributed by atoms with van der Waals surface area (Å²) in [6.07, 6.45) is 3.28. The standard InChI is InChI=1S/C12H6Br2N2O/c13-9-1-8(5-15)2-11(3-9)17-12-4-10(14)6-16-7-12/h1-4,6-7H. The van der Waals surface area contributed by atoms with Crippen LogP contribution in [0.1, 0.15) is 5.56 Å². The maximum atomic E-state index is 8.85. The molecular weight excluding hydrogens is 348 g/mol. The quantitative estimate of drug-likeness (QED) is 0.809. The van der Waals surface area contributed by atoms with E-state index in [4.69, 9.17) is 10.00 Å². The number of benzene rings is 1. The molecule has 2 aromatic rings. The number of halogens is 2. The number of pyridine rings is 1. The van der Waals surface area contributed by atoms with Crippen LogP contribution in [0.25, 0.3) is 0 Å². The van der Waals surface area contributed by atoms with E-state index in [2.05, 4.69) is 42.9 Å². The summed E-state index contributed by atoms with van der Waals surface area (Å²) in [4.78, 5) is 4.00. The highest BCUT2D eigenvalue weighted by Crippen LogP contribution is 2.27. The van der Waals surface area contributed by atoms with Crippen molar-refractivity contribution in [1.82, 2.24) is 4.98 Å². The Morgan fingerprint density at radius 1 is 1.00 bits per heavy atom. The van der Waals surface area contributed by atoms with Gasteiger partial charge < -0.3 is 4.74 Å². The fraction of sp³-hybridized carbons (Fsp3) is 0. The molecule has 0 fully saturated rings. The molecule has 0 aliphatic rings. The lowest BCUT2D eigenvalue weighted by Gasteiger charge is -2.06. The van der Waals surface area contributed by atoms with Crippen LogP contribution in [0.3, 0.4) is 0 Å². The van der Waals surface area contributed by atoms with Gasteiger partial charge in [0, 0.05) is 15.1 Å². The number of hydrogen-bond donors (Lipinski definition) is 0. The van der Waals surface area contributed by atoms with Crippen molar-refractivity contribution >= 4 is 31.9 Å². The summed E-state index contributed by atoms with van der Waals surface area (Å²) in [5.41, 5.74) is 0.539. The van der Waals surface area contributed by atoms with Crippen LogP contribution < -0.4 is 4.74 Å². The van der Waals surface area contributed by atoms with E-state index < -0.39 is 0 Å². The normalized spacial score (nSPS) is 9.71. The first kappa shape index (κ1) is 12.1. The molecule has 0 atom stereocenters. The van der Waals surface area contributed by atoms with E-state index in [1.165, 1.54) is 0 Å². The van der Waals surface area contributed by atoms with Crippen molar-refractivity contribution in [3.05, 3.63) is 51.2 Å². The summed E-state index contributed by atoms with van der Waals surface area (Å²) in [5, 5.41) is 8.85. The van der Waals surface area contributed by atoms with E-state index in [1.54, 1.807) is 36.7 Å². The molecule has 1 aromatic carbocycles. The third-order valence-corrected chi connectivity index (χ3v) is 2.81. The van der Waals surface area contributed by atoms with Crippen LogP contribution in [0.2, 0.25) is 0 Å². The van der Waals surface area contributed by atoms with Crippen LogP contribution in [-0.2, 0) is 0 Å². The number of aromatic nitrogens is 1. The molecule has 0 unspecified atom stereocenters. The van der Waals surface area contributed by atoms with Crippen LogP contribution >= 0.6 is 31.9 Å². The minimum absolute atomic E-state index is 0.539. The lowest BCUT2D eigenvalue weighted by molar-refractivity contribution is 0.479. The number of nitrogens with zero attached hydrogens (tertiary/aromatic N) is 2. The Hall–Kier alpha value is -1.38. The molecule has 5 heteroatoms. The molecule has 1 heterocycles. The van der Waals surface area contributed by atoms with Crippen LogP contribution in [-0.4, -0.2) is 4.98 Å². The highest BCUT2D eigenvalue weighted by Gasteiger charge is 2.02. The number of rotatable bonds is 2. The van der Waals surface area contributed by atoms with Gasteiger partial charge in [-0.05, 0) is 40.2 Å². The van der Waals surface area contributed by atoms with Crippen molar-refractivity contribution in [3.63, 3.8) is 0 Å². The smallest absolute Gasteiger partial charge is 0.146 e. The predicted octanol–water partition coefficient (Wildman–Crippen LogP) is 4.27. The van der Waals surface area contributed by atoms with Crippen LogP contribution in [0.5, 0.6) is 11.5 Å². The Labute approximate surface area is 115 Å². The van der Waals surface area contributed by atoms with Gasteiger partial charge in [0.05, 0.1) is 17.8 Å². The van der Waals surface area contributed by atoms with Gasteiger partial charge in [0.2, 0.25) is 0 Å². The molecule has 0 radical (unpaired) electrons. The Morgan fingerprint density at radius 3 is 2.47 bits per heavy atom. The van der Waals surface area contributed by atoms with E-state index in [9.17, 15) is 0 Å². The second kappa shape index (κ2) is 5.30. The second-order valence-corrected chi connectivity index (χ2v) is 5.06. The maximum Gasteiger partial charge on any atom is 0.146 e. The molecule has 17 heavy (non-hydrogen) atoms. The molecule has 0 aliphatic carbocycles. The Kier molecular flexibility index (Phi) is 3.77. The molecule has 0 N–H and O–H groups in total. The lowest BCUT2D eigenvalue weighted by Crippen LogP contribution is -1.87. The summed E-state index contributed by atoms with van der Waals surface area (Å²) in [6.45, 7) is 0. The SMILES string of the molecule is N#Cc1cc(Br)cc(Oc2cncc(Br)c2)c1. The molecular formula is C12H6Br2N2O. The first-order valence-electron chi connectivity index (χ1n) is 4.66. The monoisotopic (exact) mass is 352 g/mol. The molecule has 0 saturated heterocycles. The first-order chi connectivity index (χ1) is 8.17. The van der Waals surface area contributed by atoms with Gasteiger partial charge in [-0.2, -0.15) is 5.26 Å². The van der Waals surface area contributed by atoms with Gasteiger partial charge in [0.15, 0.2) is 0 Å². The third kappa shape index (κ3) is 3.29. The zero-order valence-electron chi connectivity index (χ0n) is 8.52. The number of ether oxygens (including phenoxy) is 1. The van der Waals surface area contributed by atoms with Crippen molar-refractivity contribution in [2.75, 3.05) is 0 Å². The molecule has 0 bridgehead atoms. The lowest BCUT2D eigenvalue weighted by atomic mass is 10.2. The third-order valence-electron chi connectivity index (χ3n) is 1.92. The summed E-state index contributed by atoms with van der Waals surface area (Å²) in [5.74, 6) is 1.21. The zero-order valence-corrected chi connectivity index (χ0v) is 11.7. The largest absolute Gasteiger partial charge is 0.456 e. The van der Waals surface area contributed by atoms with Crippen LogP contribution in [0.15, 0.2) is 45.6 Å². The van der Waals surface area contributed by atoms with Gasteiger partial charge in [-0.3, -0.25) is 4.98 Å². The van der Waals surface area contributed by atoms with Gasteiger partial charge in [0.1, 0.15) is 11.5 Å². The molecule has 0 spiro atoms. The first-order valence-corrected chi connectivity index (χ1v) is 6.25. The summed E-state index contributed by atoms with van der Waals surface area (Å²) in [6, 6.07) is 9.07. The second-order valence-electron chi connectivity index (χ2n) is 3.23. The van der Waals surface area contributed by atoms with Crippen LogP contribution in [0.4, 0.5) is 0 Å². The van der Waals surface area contributed by atoms with Crippen molar-refractivity contribution in [1.29, 1.82) is 5.26 Å². The Balaban J connectivity index is 2.30. The maximum absolute atomic E-state index is 8.85. The van der Waals surface area contributed by atoms with Gasteiger partial charge in [-0.25, -0.2) is 0 Å². The molecule has 2 rings (SSSR count). The summed E-state index contributed by atoms with van der Waals surface area (Å²) in [7, 11) is 0. The fourth-order valence-corrected chi connectivity index (χ4v) is 2.09. The topological polar surface area (TPSA) is 45.9 Å². The van der Waals surface area contributed by atoms with Gasteiger partial charge in [-0.1, -0.05) is 15.9 Å². The van der Waals surface area contributed by atoms with Gasteiger partial charge in [0.25, 0.3) is 0 Å². The average Bonchev–Trinajstić information content (AvgIpc) is 2.28. The minimum atomic E-state index is 0.539. The van der Waals surface area contributed by atoms with Crippen molar-refractivity contribution in [2.45, 2.75) is 0 Å². The molecule has 3 nitrogen and oxygen atoms in total. The molecule has 1 aromatic heterocycles. The van der Waals surface area contributed by atoms with Crippen molar-refractivity contribution in [2.24, 2.45) is 0 Å². The van der Waals surface area contributed by atoms with E-state index in [1.807, 2.05) is 0 Å². The van der Waals surface area contributed by atoms with Crippen molar-refractivity contribution in [3.8, 4) is 17.6 Å². The fourth-order valence-electron chi connectivity index (χ4n) is 1.27. The molecule has 84 valence electrons. The molecule has 0 aliphatic heterocycles. The van der Waals surface area contributed by atoms with Gasteiger partial charge in [-0.15, -0.1) is 0 Å². The zero-order chi connectivity index (χ0) is 12.3. The Morgan fingerprint density at radius 2 is 1.76 bits per heavy atom. The summed E-state index contributed by atoms with van der Waals surface area (Å²) < 4.78 is 7.25. The van der Waals surface area contributed by atoms with E-state index in [0.717, 1.165) is 8.95 Å². The predicted molar refractivity (Wildman–Crippen MR) is 70.9 cm³/mol. The van der Waals surface area contributed by atoms with E-state index in [0.29, 0.717) is 17.1 Å². The van der Waals surface area contributed by atoms with Gasteiger partial charge >= 0.3 is 0 Å². The Bertz CT molecular complexity index is 593. The molecule has 0 amide bonds. The van der Waals surface area contributed by atoms with Crippen molar-refractivity contribution < 1.29 is 4.74 Å². The number of hydrogen-bond acceptors (Lipinski definition) is 3.